The molecule has 0 bridgehead atoms. The highest BCUT2D eigenvalue weighted by molar-refractivity contribution is 5.85. The van der Waals surface area contributed by atoms with Crippen LogP contribution in [0.15, 0.2) is 42.5 Å². The largest absolute Gasteiger partial charge is 0.393 e. The van der Waals surface area contributed by atoms with Crippen LogP contribution in [0, 0.1) is 5.92 Å². The molecule has 0 saturated heterocycles. The SMILES string of the molecule is OC1CCCCCC1Cc1cccc2ccccc12. The number of rotatable bonds is 2. The van der Waals surface area contributed by atoms with Gasteiger partial charge in [0.2, 0.25) is 0 Å². The fraction of sp³-hybridized carbons (Fsp3) is 0.444. The molecule has 0 heterocycles. The first-order valence-corrected chi connectivity index (χ1v) is 7.49. The summed E-state index contributed by atoms with van der Waals surface area (Å²) in [5.41, 5.74) is 1.39. The summed E-state index contributed by atoms with van der Waals surface area (Å²) >= 11 is 0. The van der Waals surface area contributed by atoms with Gasteiger partial charge in [0.1, 0.15) is 0 Å². The summed E-state index contributed by atoms with van der Waals surface area (Å²) in [6.07, 6.45) is 6.80. The molecule has 100 valence electrons. The lowest BCUT2D eigenvalue weighted by atomic mass is 9.88. The van der Waals surface area contributed by atoms with Crippen LogP contribution in [0.1, 0.15) is 37.7 Å². The number of hydrogen-bond acceptors (Lipinski definition) is 1. The Bertz CT molecular complexity index is 541. The highest BCUT2D eigenvalue weighted by Gasteiger charge is 2.22. The van der Waals surface area contributed by atoms with E-state index < -0.39 is 0 Å². The van der Waals surface area contributed by atoms with Crippen LogP contribution >= 0.6 is 0 Å². The van der Waals surface area contributed by atoms with Crippen molar-refractivity contribution in [3.8, 4) is 0 Å². The van der Waals surface area contributed by atoms with Crippen molar-refractivity contribution < 1.29 is 5.11 Å². The highest BCUT2D eigenvalue weighted by atomic mass is 16.3. The van der Waals surface area contributed by atoms with Gasteiger partial charge in [-0.05, 0) is 41.5 Å². The molecule has 1 aliphatic carbocycles. The van der Waals surface area contributed by atoms with Gasteiger partial charge in [-0.1, -0.05) is 61.7 Å². The van der Waals surface area contributed by atoms with E-state index in [1.807, 2.05) is 0 Å². The monoisotopic (exact) mass is 254 g/mol. The second kappa shape index (κ2) is 5.75. The topological polar surface area (TPSA) is 20.2 Å². The summed E-state index contributed by atoms with van der Waals surface area (Å²) in [7, 11) is 0. The summed E-state index contributed by atoms with van der Waals surface area (Å²) in [6, 6.07) is 15.1. The van der Waals surface area contributed by atoms with E-state index in [0.717, 1.165) is 12.8 Å². The van der Waals surface area contributed by atoms with Crippen LogP contribution in [0.2, 0.25) is 0 Å². The van der Waals surface area contributed by atoms with Crippen molar-refractivity contribution in [2.45, 2.75) is 44.6 Å². The molecule has 2 unspecified atom stereocenters. The molecule has 0 radical (unpaired) electrons. The van der Waals surface area contributed by atoms with Crippen molar-refractivity contribution in [2.75, 3.05) is 0 Å². The van der Waals surface area contributed by atoms with Gasteiger partial charge in [0.15, 0.2) is 0 Å². The van der Waals surface area contributed by atoms with Gasteiger partial charge in [-0.2, -0.15) is 0 Å². The Morgan fingerprint density at radius 1 is 0.895 bits per heavy atom. The van der Waals surface area contributed by atoms with Gasteiger partial charge in [-0.25, -0.2) is 0 Å². The zero-order valence-corrected chi connectivity index (χ0v) is 11.4. The molecule has 1 N–H and O–H groups in total. The molecule has 3 rings (SSSR count). The molecule has 1 heteroatoms. The van der Waals surface area contributed by atoms with E-state index in [1.54, 1.807) is 0 Å². The molecule has 0 spiro atoms. The van der Waals surface area contributed by atoms with Gasteiger partial charge in [-0.15, -0.1) is 0 Å². The predicted molar refractivity (Wildman–Crippen MR) is 80.2 cm³/mol. The first-order chi connectivity index (χ1) is 9.34. The van der Waals surface area contributed by atoms with Crippen LogP contribution in [-0.4, -0.2) is 11.2 Å². The van der Waals surface area contributed by atoms with Crippen molar-refractivity contribution in [2.24, 2.45) is 5.92 Å². The van der Waals surface area contributed by atoms with Gasteiger partial charge in [0.25, 0.3) is 0 Å². The van der Waals surface area contributed by atoms with E-state index in [-0.39, 0.29) is 6.10 Å². The normalized spacial score (nSPS) is 24.3. The van der Waals surface area contributed by atoms with E-state index in [2.05, 4.69) is 42.5 Å². The number of fused-ring (bicyclic) bond motifs is 1. The molecule has 1 fully saturated rings. The summed E-state index contributed by atoms with van der Waals surface area (Å²) in [4.78, 5) is 0. The molecule has 1 aliphatic rings. The number of aliphatic hydroxyl groups excluding tert-OH is 1. The van der Waals surface area contributed by atoms with Crippen molar-refractivity contribution >= 4 is 10.8 Å². The summed E-state index contributed by atoms with van der Waals surface area (Å²) in [5.74, 6) is 0.438. The molecular weight excluding hydrogens is 232 g/mol. The Balaban J connectivity index is 1.88. The lowest BCUT2D eigenvalue weighted by molar-refractivity contribution is 0.101. The maximum Gasteiger partial charge on any atom is 0.0571 e. The van der Waals surface area contributed by atoms with Gasteiger partial charge in [-0.3, -0.25) is 0 Å². The fourth-order valence-electron chi connectivity index (χ4n) is 3.36. The number of aliphatic hydroxyl groups is 1. The quantitative estimate of drug-likeness (QED) is 0.791. The molecule has 1 nitrogen and oxygen atoms in total. The minimum Gasteiger partial charge on any atom is -0.393 e. The molecule has 2 atom stereocenters. The summed E-state index contributed by atoms with van der Waals surface area (Å²) in [5, 5.41) is 12.9. The number of hydrogen-bond donors (Lipinski definition) is 1. The zero-order chi connectivity index (χ0) is 13.1. The first-order valence-electron chi connectivity index (χ1n) is 7.49. The van der Waals surface area contributed by atoms with Crippen molar-refractivity contribution in [1.29, 1.82) is 0 Å². The third kappa shape index (κ3) is 2.82. The Kier molecular flexibility index (Phi) is 3.84. The standard InChI is InChI=1S/C18H22O/c19-18-12-3-1-2-8-16(18)13-15-10-6-9-14-7-4-5-11-17(14)15/h4-7,9-11,16,18-19H,1-3,8,12-13H2. The Labute approximate surface area is 115 Å². The van der Waals surface area contributed by atoms with Crippen LogP contribution in [-0.2, 0) is 6.42 Å². The third-order valence-corrected chi connectivity index (χ3v) is 4.48. The third-order valence-electron chi connectivity index (χ3n) is 4.48. The molecule has 19 heavy (non-hydrogen) atoms. The van der Waals surface area contributed by atoms with E-state index in [9.17, 15) is 5.11 Å². The predicted octanol–water partition coefficient (Wildman–Crippen LogP) is 4.32. The van der Waals surface area contributed by atoms with Crippen LogP contribution in [0.4, 0.5) is 0 Å². The average molecular weight is 254 g/mol. The molecular formula is C18H22O. The number of benzene rings is 2. The Hall–Kier alpha value is -1.34. The molecule has 1 saturated carbocycles. The first kappa shape index (κ1) is 12.7. The Morgan fingerprint density at radius 2 is 1.68 bits per heavy atom. The van der Waals surface area contributed by atoms with Crippen LogP contribution in [0.3, 0.4) is 0 Å². The van der Waals surface area contributed by atoms with Gasteiger partial charge >= 0.3 is 0 Å². The van der Waals surface area contributed by atoms with Crippen LogP contribution in [0.5, 0.6) is 0 Å². The molecule has 2 aromatic rings. The van der Waals surface area contributed by atoms with Crippen LogP contribution in [0.25, 0.3) is 10.8 Å². The van der Waals surface area contributed by atoms with Gasteiger partial charge < -0.3 is 5.11 Å². The fourth-order valence-corrected chi connectivity index (χ4v) is 3.36. The second-order valence-corrected chi connectivity index (χ2v) is 5.81. The van der Waals surface area contributed by atoms with Crippen molar-refractivity contribution in [3.05, 3.63) is 48.0 Å². The zero-order valence-electron chi connectivity index (χ0n) is 11.4. The lowest BCUT2D eigenvalue weighted by Crippen LogP contribution is -2.21. The summed E-state index contributed by atoms with van der Waals surface area (Å²) in [6.45, 7) is 0. The van der Waals surface area contributed by atoms with Crippen molar-refractivity contribution in [1.82, 2.24) is 0 Å². The maximum atomic E-state index is 10.3. The lowest BCUT2D eigenvalue weighted by Gasteiger charge is -2.21. The smallest absolute Gasteiger partial charge is 0.0571 e. The molecule has 0 aliphatic heterocycles. The molecule has 2 aromatic carbocycles. The molecule has 0 aromatic heterocycles. The van der Waals surface area contributed by atoms with Crippen molar-refractivity contribution in [3.63, 3.8) is 0 Å². The van der Waals surface area contributed by atoms with Gasteiger partial charge in [0, 0.05) is 0 Å². The highest BCUT2D eigenvalue weighted by Crippen LogP contribution is 2.29. The minimum atomic E-state index is -0.110. The van der Waals surface area contributed by atoms with Gasteiger partial charge in [0.05, 0.1) is 6.10 Å². The second-order valence-electron chi connectivity index (χ2n) is 5.81. The van der Waals surface area contributed by atoms with E-state index in [0.29, 0.717) is 5.92 Å². The van der Waals surface area contributed by atoms with E-state index >= 15 is 0 Å². The minimum absolute atomic E-state index is 0.110. The van der Waals surface area contributed by atoms with Crippen LogP contribution < -0.4 is 0 Å². The summed E-state index contributed by atoms with van der Waals surface area (Å²) < 4.78 is 0. The maximum absolute atomic E-state index is 10.3. The van der Waals surface area contributed by atoms with E-state index in [4.69, 9.17) is 0 Å². The average Bonchev–Trinajstić information content (AvgIpc) is 2.65. The van der Waals surface area contributed by atoms with E-state index in [1.165, 1.54) is 42.0 Å². The Morgan fingerprint density at radius 3 is 2.63 bits per heavy atom. The molecule has 0 amide bonds.